The summed E-state index contributed by atoms with van der Waals surface area (Å²) < 4.78 is 1.95. The standard InChI is InChI=1S/C12H22N6O2S/c1-7(2)18-11(17(5)6)15-16-12(18)21-8(3)9(19)14-10(20)13-4/h7-8H,1-6H3,(H2,13,14,19,20)/t8-/m1/s1. The molecule has 0 aliphatic heterocycles. The van der Waals surface area contributed by atoms with Gasteiger partial charge in [0.1, 0.15) is 0 Å². The van der Waals surface area contributed by atoms with Crippen molar-refractivity contribution in [2.24, 2.45) is 0 Å². The molecule has 0 aromatic carbocycles. The summed E-state index contributed by atoms with van der Waals surface area (Å²) in [6.45, 7) is 5.77. The van der Waals surface area contributed by atoms with Gasteiger partial charge in [-0.25, -0.2) is 4.79 Å². The molecular weight excluding hydrogens is 292 g/mol. The summed E-state index contributed by atoms with van der Waals surface area (Å²) >= 11 is 1.27. The molecule has 1 rings (SSSR count). The smallest absolute Gasteiger partial charge is 0.321 e. The van der Waals surface area contributed by atoms with Gasteiger partial charge in [-0.15, -0.1) is 10.2 Å². The highest BCUT2D eigenvalue weighted by molar-refractivity contribution is 8.00. The van der Waals surface area contributed by atoms with Crippen molar-refractivity contribution < 1.29 is 9.59 Å². The van der Waals surface area contributed by atoms with Crippen molar-refractivity contribution in [1.82, 2.24) is 25.4 Å². The van der Waals surface area contributed by atoms with Crippen molar-refractivity contribution >= 4 is 29.6 Å². The van der Waals surface area contributed by atoms with Gasteiger partial charge in [0, 0.05) is 27.2 Å². The maximum atomic E-state index is 11.9. The number of nitrogens with zero attached hydrogens (tertiary/aromatic N) is 4. The lowest BCUT2D eigenvalue weighted by atomic mass is 10.4. The number of nitrogens with one attached hydrogen (secondary N) is 2. The van der Waals surface area contributed by atoms with Gasteiger partial charge in [0.25, 0.3) is 0 Å². The zero-order chi connectivity index (χ0) is 16.2. The Morgan fingerprint density at radius 2 is 1.86 bits per heavy atom. The van der Waals surface area contributed by atoms with Gasteiger partial charge in [0.2, 0.25) is 11.9 Å². The number of rotatable bonds is 5. The molecule has 0 aliphatic rings. The summed E-state index contributed by atoms with van der Waals surface area (Å²) in [6, 6.07) is -0.360. The van der Waals surface area contributed by atoms with Crippen molar-refractivity contribution in [2.45, 2.75) is 37.2 Å². The predicted molar refractivity (Wildman–Crippen MR) is 82.7 cm³/mol. The van der Waals surface area contributed by atoms with Crippen molar-refractivity contribution in [1.29, 1.82) is 0 Å². The van der Waals surface area contributed by atoms with Crippen LogP contribution in [0.5, 0.6) is 0 Å². The molecule has 3 amide bonds. The molecule has 0 saturated heterocycles. The minimum absolute atomic E-state index is 0.161. The molecule has 0 radical (unpaired) electrons. The molecule has 1 atom stereocenters. The topological polar surface area (TPSA) is 92.2 Å². The van der Waals surface area contributed by atoms with Crippen LogP contribution < -0.4 is 15.5 Å². The summed E-state index contributed by atoms with van der Waals surface area (Å²) in [5.74, 6) is 0.357. The second-order valence-electron chi connectivity index (χ2n) is 4.97. The molecule has 0 aliphatic carbocycles. The number of aromatic nitrogens is 3. The molecule has 2 N–H and O–H groups in total. The fourth-order valence-corrected chi connectivity index (χ4v) is 2.57. The lowest BCUT2D eigenvalue weighted by Gasteiger charge is -2.18. The summed E-state index contributed by atoms with van der Waals surface area (Å²) in [4.78, 5) is 24.9. The van der Waals surface area contributed by atoms with E-state index in [-0.39, 0.29) is 11.9 Å². The summed E-state index contributed by atoms with van der Waals surface area (Å²) in [5, 5.41) is 13.0. The van der Waals surface area contributed by atoms with E-state index in [1.807, 2.05) is 37.4 Å². The molecule has 1 aromatic heterocycles. The fraction of sp³-hybridized carbons (Fsp3) is 0.667. The number of imide groups is 1. The van der Waals surface area contributed by atoms with Gasteiger partial charge in [-0.2, -0.15) is 0 Å². The van der Waals surface area contributed by atoms with Crippen LogP contribution in [0.15, 0.2) is 5.16 Å². The minimum Gasteiger partial charge on any atom is -0.347 e. The minimum atomic E-state index is -0.522. The number of thioether (sulfide) groups is 1. The Labute approximate surface area is 128 Å². The monoisotopic (exact) mass is 314 g/mol. The quantitative estimate of drug-likeness (QED) is 0.783. The molecule has 1 heterocycles. The summed E-state index contributed by atoms with van der Waals surface area (Å²) in [6.07, 6.45) is 0. The van der Waals surface area contributed by atoms with E-state index in [0.717, 1.165) is 5.95 Å². The Bertz CT molecular complexity index is 514. The molecule has 21 heavy (non-hydrogen) atoms. The van der Waals surface area contributed by atoms with Crippen molar-refractivity contribution in [3.05, 3.63) is 0 Å². The number of urea groups is 1. The van der Waals surface area contributed by atoms with Gasteiger partial charge in [0.05, 0.1) is 5.25 Å². The lowest BCUT2D eigenvalue weighted by Crippen LogP contribution is -2.41. The van der Waals surface area contributed by atoms with E-state index in [4.69, 9.17) is 0 Å². The maximum absolute atomic E-state index is 11.9. The van der Waals surface area contributed by atoms with Crippen LogP contribution in [0.4, 0.5) is 10.7 Å². The van der Waals surface area contributed by atoms with Gasteiger partial charge in [0.15, 0.2) is 5.16 Å². The highest BCUT2D eigenvalue weighted by atomic mass is 32.2. The number of carbonyl (C=O) groups excluding carboxylic acids is 2. The van der Waals surface area contributed by atoms with Crippen LogP contribution in [0, 0.1) is 0 Å². The zero-order valence-electron chi connectivity index (χ0n) is 13.2. The molecule has 9 heteroatoms. The Kier molecular flexibility index (Phi) is 6.01. The molecule has 0 fully saturated rings. The molecule has 1 aromatic rings. The number of amides is 3. The second kappa shape index (κ2) is 7.30. The molecule has 118 valence electrons. The highest BCUT2D eigenvalue weighted by Crippen LogP contribution is 2.28. The van der Waals surface area contributed by atoms with Gasteiger partial charge in [-0.1, -0.05) is 11.8 Å². The van der Waals surface area contributed by atoms with E-state index < -0.39 is 11.3 Å². The average molecular weight is 314 g/mol. The third-order valence-electron chi connectivity index (χ3n) is 2.68. The van der Waals surface area contributed by atoms with Crippen molar-refractivity contribution in [3.8, 4) is 0 Å². The van der Waals surface area contributed by atoms with Gasteiger partial charge in [-0.3, -0.25) is 14.7 Å². The van der Waals surface area contributed by atoms with Crippen molar-refractivity contribution in [3.63, 3.8) is 0 Å². The second-order valence-corrected chi connectivity index (χ2v) is 6.28. The van der Waals surface area contributed by atoms with Crippen LogP contribution in [0.25, 0.3) is 0 Å². The van der Waals surface area contributed by atoms with Crippen molar-refractivity contribution in [2.75, 3.05) is 26.0 Å². The molecule has 0 bridgehead atoms. The largest absolute Gasteiger partial charge is 0.347 e. The van der Waals surface area contributed by atoms with Crippen LogP contribution in [-0.2, 0) is 4.79 Å². The Hall–Kier alpha value is -1.77. The Morgan fingerprint density at radius 1 is 1.24 bits per heavy atom. The molecule has 8 nitrogen and oxygen atoms in total. The van der Waals surface area contributed by atoms with Crippen LogP contribution in [0.2, 0.25) is 0 Å². The van der Waals surface area contributed by atoms with E-state index in [2.05, 4.69) is 20.8 Å². The van der Waals surface area contributed by atoms with Crippen LogP contribution in [-0.4, -0.2) is 53.1 Å². The van der Waals surface area contributed by atoms with Gasteiger partial charge < -0.3 is 10.2 Å². The first-order valence-electron chi connectivity index (χ1n) is 6.59. The predicted octanol–water partition coefficient (Wildman–Crippen LogP) is 0.861. The third-order valence-corrected chi connectivity index (χ3v) is 3.73. The molecular formula is C12H22N6O2S. The zero-order valence-corrected chi connectivity index (χ0v) is 14.0. The van der Waals surface area contributed by atoms with Crippen LogP contribution in [0.1, 0.15) is 26.8 Å². The average Bonchev–Trinajstić information content (AvgIpc) is 2.82. The SMILES string of the molecule is CNC(=O)NC(=O)[C@@H](C)Sc1nnc(N(C)C)n1C(C)C. The molecule has 0 spiro atoms. The van der Waals surface area contributed by atoms with E-state index in [9.17, 15) is 9.59 Å². The van der Waals surface area contributed by atoms with E-state index in [1.54, 1.807) is 6.92 Å². The van der Waals surface area contributed by atoms with Crippen LogP contribution in [0.3, 0.4) is 0 Å². The maximum Gasteiger partial charge on any atom is 0.321 e. The summed E-state index contributed by atoms with van der Waals surface area (Å²) in [7, 11) is 5.23. The number of carbonyl (C=O) groups is 2. The van der Waals surface area contributed by atoms with Gasteiger partial charge in [-0.05, 0) is 20.8 Å². The number of anilines is 1. The van der Waals surface area contributed by atoms with Crippen LogP contribution >= 0.6 is 11.8 Å². The van der Waals surface area contributed by atoms with E-state index >= 15 is 0 Å². The van der Waals surface area contributed by atoms with E-state index in [1.165, 1.54) is 18.8 Å². The Morgan fingerprint density at radius 3 is 2.33 bits per heavy atom. The van der Waals surface area contributed by atoms with Gasteiger partial charge >= 0.3 is 6.03 Å². The Balaban J connectivity index is 2.88. The lowest BCUT2D eigenvalue weighted by molar-refractivity contribution is -0.119. The normalized spacial score (nSPS) is 12.1. The molecule has 0 unspecified atom stereocenters. The first-order chi connectivity index (χ1) is 9.77. The highest BCUT2D eigenvalue weighted by Gasteiger charge is 2.23. The number of hydrogen-bond acceptors (Lipinski definition) is 6. The first-order valence-corrected chi connectivity index (χ1v) is 7.47. The fourth-order valence-electron chi connectivity index (χ4n) is 1.59. The van der Waals surface area contributed by atoms with E-state index in [0.29, 0.717) is 5.16 Å². The first kappa shape index (κ1) is 17.3. The number of hydrogen-bond donors (Lipinski definition) is 2. The molecule has 0 saturated carbocycles. The summed E-state index contributed by atoms with van der Waals surface area (Å²) in [5.41, 5.74) is 0. The third kappa shape index (κ3) is 4.35.